The maximum Gasteiger partial charge on any atom is 0.282 e. The molecule has 186 valence electrons. The molecule has 0 aliphatic heterocycles. The van der Waals surface area contributed by atoms with Crippen molar-refractivity contribution in [3.8, 4) is 11.5 Å². The van der Waals surface area contributed by atoms with Gasteiger partial charge in [-0.25, -0.2) is 4.98 Å². The summed E-state index contributed by atoms with van der Waals surface area (Å²) in [6, 6.07) is 16.3. The van der Waals surface area contributed by atoms with Crippen molar-refractivity contribution < 1.29 is 9.47 Å². The number of halogens is 3. The van der Waals surface area contributed by atoms with Gasteiger partial charge in [-0.15, -0.1) is 0 Å². The van der Waals surface area contributed by atoms with Crippen LogP contribution in [0, 0.1) is 0 Å². The first-order valence-electron chi connectivity index (χ1n) is 11.1. The highest BCUT2D eigenvalue weighted by Crippen LogP contribution is 2.37. The molecular formula is C27H24BrCl2N3O3. The van der Waals surface area contributed by atoms with E-state index in [2.05, 4.69) is 21.0 Å². The maximum absolute atomic E-state index is 13.4. The minimum absolute atomic E-state index is 0.228. The molecule has 4 aromatic rings. The molecule has 1 aromatic heterocycles. The number of nitrogens with zero attached hydrogens (tertiary/aromatic N) is 3. The Labute approximate surface area is 227 Å². The molecule has 9 heteroatoms. The summed E-state index contributed by atoms with van der Waals surface area (Å²) >= 11 is 16.2. The molecular weight excluding hydrogens is 565 g/mol. The van der Waals surface area contributed by atoms with Gasteiger partial charge in [-0.05, 0) is 42.0 Å². The highest BCUT2D eigenvalue weighted by Gasteiger charge is 2.23. The summed E-state index contributed by atoms with van der Waals surface area (Å²) in [5.74, 6) is 1.36. The molecule has 0 saturated heterocycles. The molecule has 0 N–H and O–H groups in total. The van der Waals surface area contributed by atoms with Crippen LogP contribution in [0.3, 0.4) is 0 Å². The first-order chi connectivity index (χ1) is 17.1. The number of hydrogen-bond acceptors (Lipinski definition) is 5. The van der Waals surface area contributed by atoms with E-state index in [1.54, 1.807) is 30.5 Å². The highest BCUT2D eigenvalue weighted by molar-refractivity contribution is 9.10. The van der Waals surface area contributed by atoms with Gasteiger partial charge in [0, 0.05) is 20.5 Å². The number of fused-ring (bicyclic) bond motifs is 1. The van der Waals surface area contributed by atoms with Crippen LogP contribution in [0.4, 0.5) is 0 Å². The van der Waals surface area contributed by atoms with Crippen LogP contribution in [0.2, 0.25) is 10.0 Å². The summed E-state index contributed by atoms with van der Waals surface area (Å²) in [6.07, 6.45) is 1.55. The predicted octanol–water partition coefficient (Wildman–Crippen LogP) is 7.23. The molecule has 6 nitrogen and oxygen atoms in total. The first kappa shape index (κ1) is 26.2. The lowest BCUT2D eigenvalue weighted by Crippen LogP contribution is -2.29. The van der Waals surface area contributed by atoms with Gasteiger partial charge in [-0.2, -0.15) is 9.78 Å². The Kier molecular flexibility index (Phi) is 7.73. The summed E-state index contributed by atoms with van der Waals surface area (Å²) in [7, 11) is 1.53. The summed E-state index contributed by atoms with van der Waals surface area (Å²) in [5.41, 5.74) is 1.38. The molecule has 0 spiro atoms. The van der Waals surface area contributed by atoms with Crippen LogP contribution in [-0.2, 0) is 12.0 Å². The van der Waals surface area contributed by atoms with Gasteiger partial charge in [-0.1, -0.05) is 78.1 Å². The number of benzene rings is 3. The number of ether oxygens (including phenoxy) is 2. The Balaban J connectivity index is 1.72. The quantitative estimate of drug-likeness (QED) is 0.223. The van der Waals surface area contributed by atoms with Gasteiger partial charge in [0.1, 0.15) is 12.4 Å². The smallest absolute Gasteiger partial charge is 0.282 e. The SMILES string of the molecule is COc1cc(C=Nn2c(C(C)(C)C)nc3ccc(Br)cc3c2=O)cc(Cl)c1OCc1ccccc1Cl. The molecule has 0 amide bonds. The van der Waals surface area contributed by atoms with Crippen molar-refractivity contribution in [2.75, 3.05) is 7.11 Å². The van der Waals surface area contributed by atoms with Crippen molar-refractivity contribution in [1.82, 2.24) is 9.66 Å². The summed E-state index contributed by atoms with van der Waals surface area (Å²) in [5, 5.41) is 5.91. The van der Waals surface area contributed by atoms with Gasteiger partial charge in [0.2, 0.25) is 0 Å². The molecule has 0 radical (unpaired) electrons. The second-order valence-electron chi connectivity index (χ2n) is 9.12. The van der Waals surface area contributed by atoms with Crippen LogP contribution in [0.15, 0.2) is 69.0 Å². The molecule has 0 aliphatic carbocycles. The van der Waals surface area contributed by atoms with Crippen molar-refractivity contribution >= 4 is 56.2 Å². The Morgan fingerprint density at radius 2 is 1.83 bits per heavy atom. The normalized spacial score (nSPS) is 11.9. The number of methoxy groups -OCH3 is 1. The molecule has 0 bridgehead atoms. The molecule has 1 heterocycles. The van der Waals surface area contributed by atoms with Crippen LogP contribution in [0.1, 0.15) is 37.7 Å². The molecule has 0 unspecified atom stereocenters. The first-order valence-corrected chi connectivity index (χ1v) is 12.6. The summed E-state index contributed by atoms with van der Waals surface area (Å²) in [4.78, 5) is 18.1. The lowest BCUT2D eigenvalue weighted by molar-refractivity contribution is 0.285. The van der Waals surface area contributed by atoms with Gasteiger partial charge in [0.15, 0.2) is 11.5 Å². The lowest BCUT2D eigenvalue weighted by atomic mass is 9.95. The third-order valence-electron chi connectivity index (χ3n) is 5.38. The fourth-order valence-electron chi connectivity index (χ4n) is 3.59. The topological polar surface area (TPSA) is 65.7 Å². The zero-order valence-corrected chi connectivity index (χ0v) is 23.3. The second kappa shape index (κ2) is 10.6. The summed E-state index contributed by atoms with van der Waals surface area (Å²) in [6.45, 7) is 6.18. The van der Waals surface area contributed by atoms with E-state index >= 15 is 0 Å². The van der Waals surface area contributed by atoms with Gasteiger partial charge >= 0.3 is 0 Å². The van der Waals surface area contributed by atoms with E-state index in [1.807, 2.05) is 51.1 Å². The monoisotopic (exact) mass is 587 g/mol. The van der Waals surface area contributed by atoms with E-state index in [0.29, 0.717) is 43.8 Å². The number of hydrogen-bond donors (Lipinski definition) is 0. The van der Waals surface area contributed by atoms with Crippen LogP contribution >= 0.6 is 39.1 Å². The van der Waals surface area contributed by atoms with Crippen molar-refractivity contribution in [3.05, 3.63) is 96.4 Å². The van der Waals surface area contributed by atoms with Crippen molar-refractivity contribution in [2.45, 2.75) is 32.8 Å². The Morgan fingerprint density at radius 3 is 2.53 bits per heavy atom. The molecule has 0 aliphatic rings. The van der Waals surface area contributed by atoms with E-state index < -0.39 is 5.41 Å². The number of rotatable bonds is 6. The fraction of sp³-hybridized carbons (Fsp3) is 0.222. The average molecular weight is 589 g/mol. The van der Waals surface area contributed by atoms with Crippen LogP contribution in [0.5, 0.6) is 11.5 Å². The highest BCUT2D eigenvalue weighted by atomic mass is 79.9. The predicted molar refractivity (Wildman–Crippen MR) is 149 cm³/mol. The molecule has 36 heavy (non-hydrogen) atoms. The van der Waals surface area contributed by atoms with E-state index in [4.69, 9.17) is 37.7 Å². The van der Waals surface area contributed by atoms with Crippen molar-refractivity contribution in [1.29, 1.82) is 0 Å². The van der Waals surface area contributed by atoms with Gasteiger partial charge in [-0.3, -0.25) is 4.79 Å². The standard InChI is InChI=1S/C27H24BrCl2N3O3/c1-27(2,3)26-32-22-10-9-18(28)13-19(22)25(34)33(26)31-14-16-11-21(30)24(23(12-16)35-4)36-15-17-7-5-6-8-20(17)29/h5-14H,15H2,1-4H3. The average Bonchev–Trinajstić information content (AvgIpc) is 2.83. The van der Waals surface area contributed by atoms with E-state index in [9.17, 15) is 4.79 Å². The van der Waals surface area contributed by atoms with E-state index in [1.165, 1.54) is 11.8 Å². The molecule has 0 saturated carbocycles. The lowest BCUT2D eigenvalue weighted by Gasteiger charge is -2.21. The zero-order valence-electron chi connectivity index (χ0n) is 20.2. The Hall–Kier alpha value is -2.87. The minimum Gasteiger partial charge on any atom is -0.493 e. The maximum atomic E-state index is 13.4. The molecule has 4 rings (SSSR count). The van der Waals surface area contributed by atoms with Crippen molar-refractivity contribution in [2.24, 2.45) is 5.10 Å². The van der Waals surface area contributed by atoms with Crippen LogP contribution in [0.25, 0.3) is 10.9 Å². The zero-order chi connectivity index (χ0) is 26.0. The van der Waals surface area contributed by atoms with Gasteiger partial charge in [0.05, 0.1) is 29.2 Å². The third-order valence-corrected chi connectivity index (χ3v) is 6.53. The molecule has 0 fully saturated rings. The summed E-state index contributed by atoms with van der Waals surface area (Å²) < 4.78 is 13.6. The van der Waals surface area contributed by atoms with Crippen LogP contribution < -0.4 is 15.0 Å². The molecule has 0 atom stereocenters. The van der Waals surface area contributed by atoms with E-state index in [0.717, 1.165) is 10.0 Å². The van der Waals surface area contributed by atoms with Crippen LogP contribution in [-0.4, -0.2) is 23.0 Å². The fourth-order valence-corrected chi connectivity index (χ4v) is 4.41. The largest absolute Gasteiger partial charge is 0.493 e. The van der Waals surface area contributed by atoms with Gasteiger partial charge in [0.25, 0.3) is 5.56 Å². The minimum atomic E-state index is -0.427. The van der Waals surface area contributed by atoms with Gasteiger partial charge < -0.3 is 9.47 Å². The van der Waals surface area contributed by atoms with E-state index in [-0.39, 0.29) is 12.2 Å². The Morgan fingerprint density at radius 1 is 1.08 bits per heavy atom. The second-order valence-corrected chi connectivity index (χ2v) is 10.9. The van der Waals surface area contributed by atoms with Crippen molar-refractivity contribution in [3.63, 3.8) is 0 Å². The Bertz CT molecular complexity index is 1530. The third kappa shape index (κ3) is 5.59. The number of aromatic nitrogens is 2. The molecule has 3 aromatic carbocycles.